The average molecular weight is 293 g/mol. The van der Waals surface area contributed by atoms with Gasteiger partial charge in [-0.1, -0.05) is 0 Å². The number of amides is 1. The normalized spacial score (nSPS) is 14.6. The van der Waals surface area contributed by atoms with Gasteiger partial charge in [-0.25, -0.2) is 9.59 Å². The second-order valence-electron chi connectivity index (χ2n) is 4.81. The van der Waals surface area contributed by atoms with E-state index in [-0.39, 0.29) is 13.0 Å². The molecular weight excluding hydrogens is 273 g/mol. The van der Waals surface area contributed by atoms with Crippen molar-refractivity contribution in [2.24, 2.45) is 0 Å². The molecule has 1 amide bonds. The third kappa shape index (κ3) is 5.98. The lowest BCUT2D eigenvalue weighted by molar-refractivity contribution is -0.145. The summed E-state index contributed by atoms with van der Waals surface area (Å²) >= 11 is 0. The number of methoxy groups -OCH3 is 2. The van der Waals surface area contributed by atoms with Gasteiger partial charge >= 0.3 is 12.1 Å². The maximum absolute atomic E-state index is 11.7. The van der Waals surface area contributed by atoms with Gasteiger partial charge in [-0.3, -0.25) is 9.88 Å². The molecule has 0 aromatic carbocycles. The van der Waals surface area contributed by atoms with E-state index in [0.29, 0.717) is 0 Å². The molecule has 0 bridgehead atoms. The average Bonchev–Trinajstić information content (AvgIpc) is 2.31. The second-order valence-corrected chi connectivity index (χ2v) is 5.76. The molecule has 0 spiro atoms. The Balaban J connectivity index is 4.98. The van der Waals surface area contributed by atoms with E-state index in [4.69, 9.17) is 9.47 Å². The summed E-state index contributed by atoms with van der Waals surface area (Å²) in [5.74, 6) is -0.827. The summed E-state index contributed by atoms with van der Waals surface area (Å²) < 4.78 is 25.7. The standard InChI is InChI=1S/C11H20NO6P/c1-10(2,3)18-9(14)12-11(19-15,6-7-16-4)8(13)17-5/h6-7H2,1-5H3,(H,12,14). The van der Waals surface area contributed by atoms with Crippen LogP contribution in [-0.2, 0) is 23.6 Å². The fourth-order valence-corrected chi connectivity index (χ4v) is 1.70. The number of alkyl carbamates (subject to hydrolysis) is 1. The van der Waals surface area contributed by atoms with Crippen LogP contribution in [0.5, 0.6) is 0 Å². The summed E-state index contributed by atoms with van der Waals surface area (Å²) in [5, 5.41) is 0.580. The first kappa shape index (κ1) is 17.8. The lowest BCUT2D eigenvalue weighted by Gasteiger charge is -2.27. The van der Waals surface area contributed by atoms with E-state index >= 15 is 0 Å². The van der Waals surface area contributed by atoms with E-state index in [2.05, 4.69) is 10.1 Å². The van der Waals surface area contributed by atoms with E-state index in [0.717, 1.165) is 7.11 Å². The van der Waals surface area contributed by atoms with Gasteiger partial charge in [0.25, 0.3) is 0 Å². The summed E-state index contributed by atoms with van der Waals surface area (Å²) in [5.41, 5.74) is -0.729. The number of rotatable bonds is 6. The van der Waals surface area contributed by atoms with E-state index in [1.807, 2.05) is 0 Å². The van der Waals surface area contributed by atoms with E-state index in [1.54, 1.807) is 20.8 Å². The number of esters is 1. The summed E-state index contributed by atoms with van der Waals surface area (Å²) in [6.45, 7) is 5.16. The molecule has 0 saturated heterocycles. The quantitative estimate of drug-likeness (QED) is 0.592. The molecule has 1 atom stereocenters. The maximum Gasteiger partial charge on any atom is 0.409 e. The summed E-state index contributed by atoms with van der Waals surface area (Å²) in [4.78, 5) is 23.4. The van der Waals surface area contributed by atoms with Gasteiger partial charge in [0, 0.05) is 20.1 Å². The fraction of sp³-hybridized carbons (Fsp3) is 0.818. The van der Waals surface area contributed by atoms with Gasteiger partial charge in [0.15, 0.2) is 8.46 Å². The highest BCUT2D eigenvalue weighted by Crippen LogP contribution is 2.26. The first-order chi connectivity index (χ1) is 8.70. The van der Waals surface area contributed by atoms with Crippen molar-refractivity contribution in [3.05, 3.63) is 0 Å². The predicted octanol–water partition coefficient (Wildman–Crippen LogP) is 1.71. The summed E-state index contributed by atoms with van der Waals surface area (Å²) in [6, 6.07) is 0. The van der Waals surface area contributed by atoms with E-state index < -0.39 is 31.4 Å². The van der Waals surface area contributed by atoms with Crippen LogP contribution in [0.3, 0.4) is 0 Å². The third-order valence-electron chi connectivity index (χ3n) is 2.05. The zero-order chi connectivity index (χ0) is 15.1. The maximum atomic E-state index is 11.7. The molecule has 110 valence electrons. The molecular formula is C11H20NO6P. The van der Waals surface area contributed by atoms with Crippen molar-refractivity contribution in [2.45, 2.75) is 38.1 Å². The van der Waals surface area contributed by atoms with Gasteiger partial charge in [0.05, 0.1) is 7.11 Å². The van der Waals surface area contributed by atoms with E-state index in [1.165, 1.54) is 7.11 Å². The van der Waals surface area contributed by atoms with Crippen LogP contribution in [0.4, 0.5) is 4.79 Å². The molecule has 0 rings (SSSR count). The number of hydrogen-bond donors (Lipinski definition) is 1. The molecule has 0 aliphatic rings. The Labute approximate surface area is 114 Å². The number of ether oxygens (including phenoxy) is 3. The van der Waals surface area contributed by atoms with Crippen molar-refractivity contribution < 1.29 is 28.4 Å². The van der Waals surface area contributed by atoms with Gasteiger partial charge < -0.3 is 14.2 Å². The third-order valence-corrected chi connectivity index (χ3v) is 2.88. The number of carbonyl (C=O) groups excluding carboxylic acids is 2. The highest BCUT2D eigenvalue weighted by atomic mass is 31.1. The smallest absolute Gasteiger partial charge is 0.409 e. The van der Waals surface area contributed by atoms with Crippen LogP contribution in [0, 0.1) is 0 Å². The zero-order valence-corrected chi connectivity index (χ0v) is 12.7. The number of hydrogen-bond acceptors (Lipinski definition) is 6. The van der Waals surface area contributed by atoms with Crippen molar-refractivity contribution >= 4 is 20.5 Å². The van der Waals surface area contributed by atoms with Crippen molar-refractivity contribution in [3.63, 3.8) is 0 Å². The molecule has 0 saturated carbocycles. The van der Waals surface area contributed by atoms with E-state index in [9.17, 15) is 14.2 Å². The Hall–Kier alpha value is -1.20. The topological polar surface area (TPSA) is 90.9 Å². The van der Waals surface area contributed by atoms with Crippen molar-refractivity contribution in [2.75, 3.05) is 20.8 Å². The van der Waals surface area contributed by atoms with Gasteiger partial charge in [0.1, 0.15) is 5.60 Å². The first-order valence-corrected chi connectivity index (χ1v) is 6.45. The zero-order valence-electron chi connectivity index (χ0n) is 11.8. The van der Waals surface area contributed by atoms with Crippen LogP contribution >= 0.6 is 8.46 Å². The van der Waals surface area contributed by atoms with Crippen LogP contribution in [-0.4, -0.2) is 43.8 Å². The molecule has 7 nitrogen and oxygen atoms in total. The van der Waals surface area contributed by atoms with Gasteiger partial charge in [-0.2, -0.15) is 0 Å². The molecule has 0 aliphatic carbocycles. The Morgan fingerprint density at radius 1 is 1.21 bits per heavy atom. The molecule has 1 N–H and O–H groups in total. The first-order valence-electron chi connectivity index (χ1n) is 5.64. The van der Waals surface area contributed by atoms with Crippen LogP contribution in [0.15, 0.2) is 0 Å². The monoisotopic (exact) mass is 293 g/mol. The Morgan fingerprint density at radius 3 is 2.16 bits per heavy atom. The molecule has 0 aliphatic heterocycles. The Morgan fingerprint density at radius 2 is 1.79 bits per heavy atom. The molecule has 1 unspecified atom stereocenters. The number of carbonyl (C=O) groups is 2. The molecule has 0 aromatic heterocycles. The van der Waals surface area contributed by atoms with Gasteiger partial charge in [-0.15, -0.1) is 0 Å². The molecule has 0 fully saturated rings. The highest BCUT2D eigenvalue weighted by molar-refractivity contribution is 7.27. The Kier molecular flexibility index (Phi) is 6.94. The molecule has 19 heavy (non-hydrogen) atoms. The minimum atomic E-state index is -1.70. The minimum absolute atomic E-state index is 0.000468. The van der Waals surface area contributed by atoms with Gasteiger partial charge in [-0.05, 0) is 20.8 Å². The summed E-state index contributed by atoms with van der Waals surface area (Å²) in [7, 11) is 1.98. The second kappa shape index (κ2) is 7.40. The molecule has 0 aromatic rings. The van der Waals surface area contributed by atoms with Crippen LogP contribution in [0.1, 0.15) is 27.2 Å². The predicted molar refractivity (Wildman–Crippen MR) is 68.2 cm³/mol. The van der Waals surface area contributed by atoms with Crippen molar-refractivity contribution in [3.8, 4) is 0 Å². The largest absolute Gasteiger partial charge is 0.467 e. The van der Waals surface area contributed by atoms with Crippen LogP contribution in [0.25, 0.3) is 0 Å². The lowest BCUT2D eigenvalue weighted by Crippen LogP contribution is -2.52. The highest BCUT2D eigenvalue weighted by Gasteiger charge is 2.43. The van der Waals surface area contributed by atoms with Crippen LogP contribution in [0.2, 0.25) is 0 Å². The SMILES string of the molecule is COCCC(NC(=O)OC(C)(C)C)(P=O)C(=O)OC. The van der Waals surface area contributed by atoms with Crippen molar-refractivity contribution in [1.29, 1.82) is 0 Å². The minimum Gasteiger partial charge on any atom is -0.467 e. The lowest BCUT2D eigenvalue weighted by atomic mass is 10.2. The number of nitrogens with one attached hydrogen (secondary N) is 1. The van der Waals surface area contributed by atoms with Crippen LogP contribution < -0.4 is 5.32 Å². The molecule has 0 radical (unpaired) electrons. The molecule has 8 heteroatoms. The van der Waals surface area contributed by atoms with Crippen molar-refractivity contribution in [1.82, 2.24) is 5.32 Å². The summed E-state index contributed by atoms with van der Waals surface area (Å²) in [6.07, 6.45) is -0.849. The fourth-order valence-electron chi connectivity index (χ4n) is 1.21. The van der Waals surface area contributed by atoms with Gasteiger partial charge in [0.2, 0.25) is 5.28 Å². The molecule has 0 heterocycles. The Bertz CT molecular complexity index is 341.